The summed E-state index contributed by atoms with van der Waals surface area (Å²) in [5.41, 5.74) is -0.593. The van der Waals surface area contributed by atoms with Gasteiger partial charge in [0, 0.05) is 16.5 Å². The highest BCUT2D eigenvalue weighted by Gasteiger charge is 2.40. The monoisotopic (exact) mass is 469 g/mol. The number of hydrogen-bond donors (Lipinski definition) is 4. The van der Waals surface area contributed by atoms with Crippen molar-refractivity contribution >= 4 is 34.4 Å². The molecular formula is C25H27NO8. The van der Waals surface area contributed by atoms with Crippen molar-refractivity contribution in [1.82, 2.24) is 0 Å². The van der Waals surface area contributed by atoms with Crippen molar-refractivity contribution in [2.24, 2.45) is 5.92 Å². The van der Waals surface area contributed by atoms with E-state index in [0.29, 0.717) is 0 Å². The second-order valence-corrected chi connectivity index (χ2v) is 8.40. The lowest BCUT2D eigenvalue weighted by Crippen LogP contribution is -2.26. The number of allylic oxidation sites excluding steroid dienone is 3. The van der Waals surface area contributed by atoms with Gasteiger partial charge in [0.25, 0.3) is 12.2 Å². The number of fused-ring (bicyclic) bond motifs is 3. The van der Waals surface area contributed by atoms with Crippen LogP contribution in [0, 0.1) is 12.8 Å². The number of ether oxygens (including phenoxy) is 2. The molecule has 0 spiro atoms. The van der Waals surface area contributed by atoms with Crippen molar-refractivity contribution < 1.29 is 39.2 Å². The number of Topliss-reactive ketones (excluding diaryl/α,β-unsaturated/α-hetero) is 1. The van der Waals surface area contributed by atoms with Crippen LogP contribution in [0.4, 0.5) is 5.69 Å². The average Bonchev–Trinajstić information content (AvgIpc) is 3.12. The predicted molar refractivity (Wildman–Crippen MR) is 126 cm³/mol. The van der Waals surface area contributed by atoms with Gasteiger partial charge in [-0.05, 0) is 26.7 Å². The Morgan fingerprint density at radius 3 is 2.44 bits per heavy atom. The molecule has 0 fully saturated rings. The summed E-state index contributed by atoms with van der Waals surface area (Å²) in [7, 11) is 0. The van der Waals surface area contributed by atoms with E-state index in [1.54, 1.807) is 19.1 Å². The van der Waals surface area contributed by atoms with Crippen LogP contribution < -0.4 is 10.1 Å². The minimum Gasteiger partial charge on any atom is -0.507 e. The SMILES string of the molecule is C/C=C/C=C(/C)C(=O)Nc1c(C=O)c(O)c2c3c(c(C)c(O)c2c1O)O[C@H](OCC(C)C)C3=O. The Labute approximate surface area is 196 Å². The highest BCUT2D eigenvalue weighted by molar-refractivity contribution is 6.22. The second-order valence-electron chi connectivity index (χ2n) is 8.40. The first kappa shape index (κ1) is 24.8. The van der Waals surface area contributed by atoms with Gasteiger partial charge in [-0.1, -0.05) is 32.1 Å². The molecule has 0 radical (unpaired) electrons. The number of carbonyl (C=O) groups is 3. The van der Waals surface area contributed by atoms with Crippen LogP contribution >= 0.6 is 0 Å². The smallest absolute Gasteiger partial charge is 0.264 e. The lowest BCUT2D eigenvalue weighted by atomic mass is 9.92. The molecule has 2 aromatic carbocycles. The summed E-state index contributed by atoms with van der Waals surface area (Å²) < 4.78 is 11.2. The average molecular weight is 469 g/mol. The summed E-state index contributed by atoms with van der Waals surface area (Å²) in [5, 5.41) is 34.6. The van der Waals surface area contributed by atoms with Gasteiger partial charge < -0.3 is 30.1 Å². The van der Waals surface area contributed by atoms with E-state index >= 15 is 0 Å². The third kappa shape index (κ3) is 4.10. The zero-order valence-corrected chi connectivity index (χ0v) is 19.6. The third-order valence-corrected chi connectivity index (χ3v) is 5.41. The van der Waals surface area contributed by atoms with E-state index in [2.05, 4.69) is 5.32 Å². The molecule has 0 unspecified atom stereocenters. The fourth-order valence-electron chi connectivity index (χ4n) is 3.63. The maximum absolute atomic E-state index is 13.1. The van der Waals surface area contributed by atoms with E-state index in [-0.39, 0.29) is 52.0 Å². The number of phenolic OH excluding ortho intramolecular Hbond substituents is 3. The summed E-state index contributed by atoms with van der Waals surface area (Å²) in [6.07, 6.45) is 3.81. The van der Waals surface area contributed by atoms with Crippen LogP contribution in [0.1, 0.15) is 54.0 Å². The van der Waals surface area contributed by atoms with Crippen LogP contribution in [0.25, 0.3) is 10.8 Å². The largest absolute Gasteiger partial charge is 0.507 e. The molecule has 1 atom stereocenters. The minimum absolute atomic E-state index is 0.0165. The fraction of sp³-hybridized carbons (Fsp3) is 0.320. The molecule has 3 rings (SSSR count). The molecule has 9 nitrogen and oxygen atoms in total. The standard InChI is InChI=1S/C25H27NO8/c1-6-7-8-12(4)24(32)26-18-14(9-27)20(29)15-16(21(18)30)19(28)13(5)23-17(15)22(31)25(34-23)33-10-11(2)3/h6-9,11,25,28-30H,10H2,1-5H3,(H,26,32)/b7-6+,12-8-/t25-/m0/s1. The molecule has 0 bridgehead atoms. The predicted octanol–water partition coefficient (Wildman–Crippen LogP) is 4.11. The van der Waals surface area contributed by atoms with Gasteiger partial charge in [0.1, 0.15) is 17.2 Å². The van der Waals surface area contributed by atoms with E-state index in [1.165, 1.54) is 19.9 Å². The van der Waals surface area contributed by atoms with E-state index in [0.717, 1.165) is 0 Å². The Morgan fingerprint density at radius 1 is 1.18 bits per heavy atom. The molecule has 0 saturated heterocycles. The van der Waals surface area contributed by atoms with Crippen LogP contribution in [0.2, 0.25) is 0 Å². The Morgan fingerprint density at radius 2 is 1.85 bits per heavy atom. The van der Waals surface area contributed by atoms with Crippen LogP contribution in [-0.2, 0) is 9.53 Å². The zero-order valence-electron chi connectivity index (χ0n) is 19.6. The Balaban J connectivity index is 2.25. The summed E-state index contributed by atoms with van der Waals surface area (Å²) >= 11 is 0. The highest BCUT2D eigenvalue weighted by atomic mass is 16.7. The topological polar surface area (TPSA) is 142 Å². The lowest BCUT2D eigenvalue weighted by Gasteiger charge is -2.18. The second kappa shape index (κ2) is 9.56. The number of aldehydes is 1. The summed E-state index contributed by atoms with van der Waals surface area (Å²) in [5.74, 6) is -3.02. The number of carbonyl (C=O) groups excluding carboxylic acids is 3. The van der Waals surface area contributed by atoms with E-state index in [1.807, 2.05) is 13.8 Å². The molecule has 1 amide bonds. The molecule has 34 heavy (non-hydrogen) atoms. The zero-order chi connectivity index (χ0) is 25.3. The van der Waals surface area contributed by atoms with Gasteiger partial charge in [0.05, 0.1) is 28.8 Å². The number of rotatable bonds is 7. The maximum atomic E-state index is 13.1. The first-order chi connectivity index (χ1) is 16.0. The van der Waals surface area contributed by atoms with Crippen molar-refractivity contribution in [1.29, 1.82) is 0 Å². The molecule has 0 aromatic heterocycles. The third-order valence-electron chi connectivity index (χ3n) is 5.41. The minimum atomic E-state index is -1.30. The normalized spacial score (nSPS) is 15.8. The van der Waals surface area contributed by atoms with Gasteiger partial charge in [-0.3, -0.25) is 14.4 Å². The van der Waals surface area contributed by atoms with Crippen LogP contribution in [-0.4, -0.2) is 46.2 Å². The van der Waals surface area contributed by atoms with Gasteiger partial charge in [0.2, 0.25) is 5.78 Å². The molecule has 4 N–H and O–H groups in total. The number of anilines is 1. The van der Waals surface area contributed by atoms with E-state index in [9.17, 15) is 29.7 Å². The molecule has 0 aliphatic carbocycles. The summed E-state index contributed by atoms with van der Waals surface area (Å²) in [4.78, 5) is 37.6. The van der Waals surface area contributed by atoms with Gasteiger partial charge in [-0.2, -0.15) is 0 Å². The van der Waals surface area contributed by atoms with Crippen molar-refractivity contribution in [3.63, 3.8) is 0 Å². The number of phenols is 3. The quantitative estimate of drug-likeness (QED) is 0.156. The molecule has 9 heteroatoms. The van der Waals surface area contributed by atoms with Crippen LogP contribution in [0.5, 0.6) is 23.0 Å². The number of aromatic hydroxyl groups is 3. The van der Waals surface area contributed by atoms with Crippen molar-refractivity contribution in [2.45, 2.75) is 40.9 Å². The molecule has 1 aliphatic heterocycles. The molecule has 2 aromatic rings. The van der Waals surface area contributed by atoms with E-state index < -0.39 is 46.5 Å². The van der Waals surface area contributed by atoms with Crippen molar-refractivity contribution in [3.8, 4) is 23.0 Å². The maximum Gasteiger partial charge on any atom is 0.264 e. The Bertz CT molecular complexity index is 1260. The lowest BCUT2D eigenvalue weighted by molar-refractivity contribution is -0.112. The highest BCUT2D eigenvalue weighted by Crippen LogP contribution is 2.53. The molecule has 1 aliphatic rings. The van der Waals surface area contributed by atoms with Crippen molar-refractivity contribution in [2.75, 3.05) is 11.9 Å². The molecule has 1 heterocycles. The molecule has 0 saturated carbocycles. The Kier molecular flexibility index (Phi) is 6.97. The number of nitrogens with one attached hydrogen (secondary N) is 1. The molecule has 180 valence electrons. The fourth-order valence-corrected chi connectivity index (χ4v) is 3.63. The number of hydrogen-bond acceptors (Lipinski definition) is 8. The molecular weight excluding hydrogens is 442 g/mol. The first-order valence-electron chi connectivity index (χ1n) is 10.7. The van der Waals surface area contributed by atoms with Crippen LogP contribution in [0.3, 0.4) is 0 Å². The van der Waals surface area contributed by atoms with Gasteiger partial charge in [0.15, 0.2) is 12.0 Å². The number of benzene rings is 2. The number of ketones is 1. The number of amides is 1. The van der Waals surface area contributed by atoms with Crippen LogP contribution in [0.15, 0.2) is 23.8 Å². The van der Waals surface area contributed by atoms with Gasteiger partial charge in [-0.25, -0.2) is 0 Å². The van der Waals surface area contributed by atoms with Gasteiger partial charge in [-0.15, -0.1) is 0 Å². The van der Waals surface area contributed by atoms with Crippen molar-refractivity contribution in [3.05, 3.63) is 40.5 Å². The summed E-state index contributed by atoms with van der Waals surface area (Å²) in [6, 6.07) is 0. The Hall–Kier alpha value is -3.85. The van der Waals surface area contributed by atoms with E-state index in [4.69, 9.17) is 9.47 Å². The van der Waals surface area contributed by atoms with Gasteiger partial charge >= 0.3 is 0 Å². The first-order valence-corrected chi connectivity index (χ1v) is 10.7. The summed E-state index contributed by atoms with van der Waals surface area (Å²) in [6.45, 7) is 8.77.